The maximum Gasteiger partial charge on any atom is 0.276 e. The van der Waals surface area contributed by atoms with E-state index in [9.17, 15) is 9.59 Å². The van der Waals surface area contributed by atoms with Gasteiger partial charge < -0.3 is 10.6 Å². The van der Waals surface area contributed by atoms with Crippen LogP contribution in [0.5, 0.6) is 0 Å². The number of anilines is 2. The van der Waals surface area contributed by atoms with E-state index in [1.54, 1.807) is 37.1 Å². The van der Waals surface area contributed by atoms with Crippen molar-refractivity contribution in [1.82, 2.24) is 19.6 Å². The largest absolute Gasteiger partial charge is 0.319 e. The lowest BCUT2D eigenvalue weighted by Crippen LogP contribution is -2.20. The van der Waals surface area contributed by atoms with Crippen LogP contribution < -0.4 is 10.6 Å². The maximum absolute atomic E-state index is 12.7. The summed E-state index contributed by atoms with van der Waals surface area (Å²) >= 11 is 0. The zero-order valence-electron chi connectivity index (χ0n) is 15.8. The summed E-state index contributed by atoms with van der Waals surface area (Å²) in [6, 6.07) is 7.36. The lowest BCUT2D eigenvalue weighted by Gasteiger charge is -2.09. The van der Waals surface area contributed by atoms with Gasteiger partial charge in [0.1, 0.15) is 5.69 Å². The van der Waals surface area contributed by atoms with Crippen LogP contribution in [-0.2, 0) is 20.5 Å². The highest BCUT2D eigenvalue weighted by molar-refractivity contribution is 6.11. The molecule has 27 heavy (non-hydrogen) atoms. The van der Waals surface area contributed by atoms with Crippen molar-refractivity contribution in [3.8, 4) is 0 Å². The van der Waals surface area contributed by atoms with Crippen LogP contribution >= 0.6 is 0 Å². The number of nitrogens with one attached hydrogen (secondary N) is 2. The standard InChI is InChI=1S/C19H22N6O2/c1-5-13-6-8-14(9-7-13)18(26)23-16-11-21-25(4)17(16)19(27)22-15-10-20-24(3)12(15)2/h6-11H,5H2,1-4H3,(H,22,27)(H,23,26). The summed E-state index contributed by atoms with van der Waals surface area (Å²) in [5.41, 5.74) is 3.71. The number of aromatic nitrogens is 4. The molecule has 1 aromatic carbocycles. The Bertz CT molecular complexity index is 984. The first kappa shape index (κ1) is 18.4. The van der Waals surface area contributed by atoms with Crippen LogP contribution in [-0.4, -0.2) is 31.4 Å². The molecule has 0 bridgehead atoms. The Morgan fingerprint density at radius 1 is 0.926 bits per heavy atom. The van der Waals surface area contributed by atoms with E-state index >= 15 is 0 Å². The average molecular weight is 366 g/mol. The number of nitrogens with zero attached hydrogens (tertiary/aromatic N) is 4. The molecule has 140 valence electrons. The number of aryl methyl sites for hydroxylation is 3. The van der Waals surface area contributed by atoms with E-state index < -0.39 is 0 Å². The van der Waals surface area contributed by atoms with Gasteiger partial charge >= 0.3 is 0 Å². The predicted octanol–water partition coefficient (Wildman–Crippen LogP) is 2.53. The minimum Gasteiger partial charge on any atom is -0.319 e. The van der Waals surface area contributed by atoms with Crippen molar-refractivity contribution in [3.05, 3.63) is 59.2 Å². The quantitative estimate of drug-likeness (QED) is 0.725. The molecule has 2 aromatic heterocycles. The molecule has 0 spiro atoms. The molecule has 0 saturated carbocycles. The van der Waals surface area contributed by atoms with E-state index in [4.69, 9.17) is 0 Å². The van der Waals surface area contributed by atoms with E-state index in [-0.39, 0.29) is 17.5 Å². The smallest absolute Gasteiger partial charge is 0.276 e. The molecule has 2 amide bonds. The Morgan fingerprint density at radius 2 is 1.52 bits per heavy atom. The lowest BCUT2D eigenvalue weighted by molar-refractivity contribution is 0.101. The summed E-state index contributed by atoms with van der Waals surface area (Å²) < 4.78 is 3.10. The number of benzene rings is 1. The van der Waals surface area contributed by atoms with Gasteiger partial charge in [-0.05, 0) is 31.0 Å². The maximum atomic E-state index is 12.7. The van der Waals surface area contributed by atoms with Gasteiger partial charge in [0.2, 0.25) is 0 Å². The molecule has 3 rings (SSSR count). The van der Waals surface area contributed by atoms with Gasteiger partial charge in [-0.25, -0.2) is 0 Å². The normalized spacial score (nSPS) is 10.7. The molecule has 0 aliphatic carbocycles. The van der Waals surface area contributed by atoms with Crippen LogP contribution in [0.25, 0.3) is 0 Å². The Balaban J connectivity index is 1.80. The second-order valence-electron chi connectivity index (χ2n) is 6.26. The molecule has 8 nitrogen and oxygen atoms in total. The van der Waals surface area contributed by atoms with Crippen molar-refractivity contribution < 1.29 is 9.59 Å². The van der Waals surface area contributed by atoms with Crippen LogP contribution in [0.4, 0.5) is 11.4 Å². The SMILES string of the molecule is CCc1ccc(C(=O)Nc2cnn(C)c2C(=O)Nc2cnn(C)c2C)cc1. The first-order valence-corrected chi connectivity index (χ1v) is 8.63. The van der Waals surface area contributed by atoms with Gasteiger partial charge in [0.15, 0.2) is 0 Å². The molecule has 3 aromatic rings. The lowest BCUT2D eigenvalue weighted by atomic mass is 10.1. The number of rotatable bonds is 5. The zero-order valence-corrected chi connectivity index (χ0v) is 15.8. The topological polar surface area (TPSA) is 93.8 Å². The molecule has 2 N–H and O–H groups in total. The molecule has 0 atom stereocenters. The summed E-state index contributed by atoms with van der Waals surface area (Å²) in [6.07, 6.45) is 3.95. The Labute approximate surface area is 157 Å². The van der Waals surface area contributed by atoms with Gasteiger partial charge in [0.25, 0.3) is 11.8 Å². The fourth-order valence-corrected chi connectivity index (χ4v) is 2.69. The second kappa shape index (κ2) is 7.45. The molecule has 0 aliphatic rings. The molecule has 0 fully saturated rings. The second-order valence-corrected chi connectivity index (χ2v) is 6.26. The van der Waals surface area contributed by atoms with Gasteiger partial charge in [-0.3, -0.25) is 19.0 Å². The van der Waals surface area contributed by atoms with E-state index in [2.05, 4.69) is 27.8 Å². The minimum atomic E-state index is -0.372. The minimum absolute atomic E-state index is 0.261. The summed E-state index contributed by atoms with van der Waals surface area (Å²) in [6.45, 7) is 3.91. The predicted molar refractivity (Wildman–Crippen MR) is 103 cm³/mol. The molecule has 0 aliphatic heterocycles. The number of carbonyl (C=O) groups is 2. The van der Waals surface area contributed by atoms with E-state index in [1.807, 2.05) is 19.1 Å². The van der Waals surface area contributed by atoms with Crippen molar-refractivity contribution in [1.29, 1.82) is 0 Å². The van der Waals surface area contributed by atoms with Gasteiger partial charge in [0.05, 0.1) is 29.5 Å². The highest BCUT2D eigenvalue weighted by atomic mass is 16.2. The van der Waals surface area contributed by atoms with Crippen molar-refractivity contribution in [2.24, 2.45) is 14.1 Å². The fraction of sp³-hybridized carbons (Fsp3) is 0.263. The highest BCUT2D eigenvalue weighted by Crippen LogP contribution is 2.19. The van der Waals surface area contributed by atoms with Crippen molar-refractivity contribution in [2.45, 2.75) is 20.3 Å². The summed E-state index contributed by atoms with van der Waals surface area (Å²) in [5, 5.41) is 13.8. The third-order valence-corrected chi connectivity index (χ3v) is 4.51. The van der Waals surface area contributed by atoms with Gasteiger partial charge in [0, 0.05) is 19.7 Å². The molecule has 2 heterocycles. The monoisotopic (exact) mass is 366 g/mol. The van der Waals surface area contributed by atoms with E-state index in [0.717, 1.165) is 17.7 Å². The number of hydrogen-bond donors (Lipinski definition) is 2. The number of carbonyl (C=O) groups excluding carboxylic acids is 2. The Hall–Kier alpha value is -3.42. The van der Waals surface area contributed by atoms with E-state index in [0.29, 0.717) is 16.9 Å². The van der Waals surface area contributed by atoms with Crippen LogP contribution in [0.15, 0.2) is 36.7 Å². The zero-order chi connectivity index (χ0) is 19.6. The third-order valence-electron chi connectivity index (χ3n) is 4.51. The average Bonchev–Trinajstić information content (AvgIpc) is 3.18. The first-order valence-electron chi connectivity index (χ1n) is 8.63. The van der Waals surface area contributed by atoms with Crippen LogP contribution in [0, 0.1) is 6.92 Å². The van der Waals surface area contributed by atoms with Crippen LogP contribution in [0.1, 0.15) is 39.0 Å². The highest BCUT2D eigenvalue weighted by Gasteiger charge is 2.20. The molecular weight excluding hydrogens is 344 g/mol. The van der Waals surface area contributed by atoms with Gasteiger partial charge in [-0.15, -0.1) is 0 Å². The van der Waals surface area contributed by atoms with Crippen molar-refractivity contribution >= 4 is 23.2 Å². The Morgan fingerprint density at radius 3 is 2.11 bits per heavy atom. The van der Waals surface area contributed by atoms with E-state index in [1.165, 1.54) is 10.9 Å². The molecule has 8 heteroatoms. The summed E-state index contributed by atoms with van der Waals surface area (Å²) in [4.78, 5) is 25.2. The Kier molecular flexibility index (Phi) is 5.07. The molecule has 0 radical (unpaired) electrons. The van der Waals surface area contributed by atoms with Gasteiger partial charge in [-0.2, -0.15) is 10.2 Å². The third kappa shape index (κ3) is 3.74. The van der Waals surface area contributed by atoms with Crippen molar-refractivity contribution in [3.63, 3.8) is 0 Å². The summed E-state index contributed by atoms with van der Waals surface area (Å²) in [7, 11) is 3.45. The molecule has 0 unspecified atom stereocenters. The molecular formula is C19H22N6O2. The fourth-order valence-electron chi connectivity index (χ4n) is 2.69. The van der Waals surface area contributed by atoms with Crippen LogP contribution in [0.3, 0.4) is 0 Å². The van der Waals surface area contributed by atoms with Gasteiger partial charge in [-0.1, -0.05) is 19.1 Å². The summed E-state index contributed by atoms with van der Waals surface area (Å²) in [5.74, 6) is -0.667. The number of hydrogen-bond acceptors (Lipinski definition) is 4. The molecule has 0 saturated heterocycles. The number of amides is 2. The first-order chi connectivity index (χ1) is 12.9. The van der Waals surface area contributed by atoms with Crippen LogP contribution in [0.2, 0.25) is 0 Å². The van der Waals surface area contributed by atoms with Crippen molar-refractivity contribution in [2.75, 3.05) is 10.6 Å².